The molecule has 0 fully saturated rings. The number of anilines is 1. The number of nitrogens with zero attached hydrogens (tertiary/aromatic N) is 1. The van der Waals surface area contributed by atoms with E-state index >= 15 is 0 Å². The molecule has 7 nitrogen and oxygen atoms in total. The number of nitrogens with one attached hydrogen (secondary N) is 1. The first-order chi connectivity index (χ1) is 11.2. The van der Waals surface area contributed by atoms with Crippen molar-refractivity contribution in [3.8, 4) is 11.5 Å². The lowest BCUT2D eigenvalue weighted by Gasteiger charge is -2.24. The van der Waals surface area contributed by atoms with Gasteiger partial charge in [0, 0.05) is 12.1 Å². The number of rotatable bonds is 9. The van der Waals surface area contributed by atoms with Crippen molar-refractivity contribution in [2.75, 3.05) is 31.3 Å². The van der Waals surface area contributed by atoms with Crippen molar-refractivity contribution < 1.29 is 22.7 Å². The van der Waals surface area contributed by atoms with Gasteiger partial charge in [0.25, 0.3) is 0 Å². The van der Waals surface area contributed by atoms with Crippen LogP contribution in [0.5, 0.6) is 11.5 Å². The van der Waals surface area contributed by atoms with Crippen molar-refractivity contribution in [2.24, 2.45) is 0 Å². The zero-order chi connectivity index (χ0) is 18.3. The summed E-state index contributed by atoms with van der Waals surface area (Å²) in [5.74, 6) is 0.523. The van der Waals surface area contributed by atoms with Gasteiger partial charge < -0.3 is 14.8 Å². The van der Waals surface area contributed by atoms with E-state index < -0.39 is 10.0 Å². The van der Waals surface area contributed by atoms with Gasteiger partial charge in [-0.1, -0.05) is 13.3 Å². The van der Waals surface area contributed by atoms with Crippen LogP contribution in [-0.4, -0.2) is 47.4 Å². The topological polar surface area (TPSA) is 84.9 Å². The number of benzene rings is 1. The lowest BCUT2D eigenvalue weighted by atomic mass is 10.2. The fourth-order valence-corrected chi connectivity index (χ4v) is 3.18. The van der Waals surface area contributed by atoms with E-state index in [1.807, 2.05) is 13.8 Å². The first kappa shape index (κ1) is 20.1. The van der Waals surface area contributed by atoms with Crippen LogP contribution in [0.4, 0.5) is 5.69 Å². The van der Waals surface area contributed by atoms with E-state index in [2.05, 4.69) is 5.32 Å². The molecule has 136 valence electrons. The Bertz CT molecular complexity index is 660. The van der Waals surface area contributed by atoms with Crippen molar-refractivity contribution in [1.82, 2.24) is 5.32 Å². The molecule has 0 aromatic heterocycles. The minimum absolute atomic E-state index is 0.00527. The number of hydrogen-bond donors (Lipinski definition) is 1. The number of carbonyl (C=O) groups excluding carboxylic acids is 1. The predicted octanol–water partition coefficient (Wildman–Crippen LogP) is 1.77. The lowest BCUT2D eigenvalue weighted by molar-refractivity contribution is -0.120. The van der Waals surface area contributed by atoms with E-state index in [0.717, 1.165) is 23.4 Å². The summed E-state index contributed by atoms with van der Waals surface area (Å²) in [7, 11) is -0.671. The van der Waals surface area contributed by atoms with Crippen molar-refractivity contribution in [3.63, 3.8) is 0 Å². The van der Waals surface area contributed by atoms with E-state index in [1.165, 1.54) is 20.3 Å². The Hall–Kier alpha value is -1.96. The van der Waals surface area contributed by atoms with E-state index in [-0.39, 0.29) is 18.5 Å². The Balaban J connectivity index is 3.05. The average Bonchev–Trinajstić information content (AvgIpc) is 2.51. The van der Waals surface area contributed by atoms with Crippen LogP contribution in [0.25, 0.3) is 0 Å². The number of methoxy groups -OCH3 is 2. The summed E-state index contributed by atoms with van der Waals surface area (Å²) in [6.07, 6.45) is 2.83. The highest BCUT2D eigenvalue weighted by Crippen LogP contribution is 2.32. The maximum atomic E-state index is 12.2. The van der Waals surface area contributed by atoms with Gasteiger partial charge in [-0.2, -0.15) is 0 Å². The van der Waals surface area contributed by atoms with Crippen LogP contribution in [0.1, 0.15) is 26.7 Å². The third-order valence-electron chi connectivity index (χ3n) is 3.47. The smallest absolute Gasteiger partial charge is 0.240 e. The minimum Gasteiger partial charge on any atom is -0.493 e. The van der Waals surface area contributed by atoms with Crippen LogP contribution in [-0.2, 0) is 14.8 Å². The summed E-state index contributed by atoms with van der Waals surface area (Å²) < 4.78 is 35.6. The Morgan fingerprint density at radius 3 is 2.38 bits per heavy atom. The number of sulfonamides is 1. The number of ether oxygens (including phenoxy) is 2. The Morgan fingerprint density at radius 2 is 1.88 bits per heavy atom. The molecule has 0 saturated carbocycles. The summed E-state index contributed by atoms with van der Waals surface area (Å²) in [4.78, 5) is 12.2. The molecule has 0 aliphatic rings. The van der Waals surface area contributed by atoms with Crippen LogP contribution in [0.2, 0.25) is 0 Å². The average molecular weight is 358 g/mol. The first-order valence-corrected chi connectivity index (χ1v) is 9.56. The summed E-state index contributed by atoms with van der Waals surface area (Å²) >= 11 is 0. The molecule has 1 N–H and O–H groups in total. The van der Waals surface area contributed by atoms with Crippen LogP contribution in [0.3, 0.4) is 0 Å². The minimum atomic E-state index is -3.63. The molecular weight excluding hydrogens is 332 g/mol. The summed E-state index contributed by atoms with van der Waals surface area (Å²) in [6.45, 7) is 3.63. The Morgan fingerprint density at radius 1 is 1.25 bits per heavy atom. The Labute approximate surface area is 144 Å². The van der Waals surface area contributed by atoms with Gasteiger partial charge >= 0.3 is 0 Å². The molecule has 0 aliphatic heterocycles. The molecule has 1 aromatic rings. The van der Waals surface area contributed by atoms with Gasteiger partial charge in [-0.15, -0.1) is 0 Å². The quantitative estimate of drug-likeness (QED) is 0.727. The van der Waals surface area contributed by atoms with Gasteiger partial charge in [-0.3, -0.25) is 9.10 Å². The second-order valence-electron chi connectivity index (χ2n) is 5.57. The van der Waals surface area contributed by atoms with Gasteiger partial charge in [0.15, 0.2) is 11.5 Å². The lowest BCUT2D eigenvalue weighted by Crippen LogP contribution is -2.43. The zero-order valence-electron chi connectivity index (χ0n) is 14.8. The number of carbonyl (C=O) groups is 1. The molecule has 1 amide bonds. The number of amides is 1. The van der Waals surface area contributed by atoms with Crippen LogP contribution >= 0.6 is 0 Å². The summed E-state index contributed by atoms with van der Waals surface area (Å²) in [5.41, 5.74) is 0.341. The maximum Gasteiger partial charge on any atom is 0.240 e. The molecule has 1 rings (SSSR count). The standard InChI is InChI=1S/C16H26N2O5S/c1-6-7-12(2)17-16(19)11-18(24(5,20)21)13-8-9-14(22-3)15(10-13)23-4/h8-10,12H,6-7,11H2,1-5H3,(H,17,19). The molecule has 8 heteroatoms. The summed E-state index contributed by atoms with van der Waals surface area (Å²) in [5, 5.41) is 2.80. The highest BCUT2D eigenvalue weighted by Gasteiger charge is 2.22. The monoisotopic (exact) mass is 358 g/mol. The largest absolute Gasteiger partial charge is 0.493 e. The van der Waals surface area contributed by atoms with Crippen molar-refractivity contribution in [1.29, 1.82) is 0 Å². The third-order valence-corrected chi connectivity index (χ3v) is 4.61. The van der Waals surface area contributed by atoms with Gasteiger partial charge in [0.05, 0.1) is 26.2 Å². The molecular formula is C16H26N2O5S. The SMILES string of the molecule is CCCC(C)NC(=O)CN(c1ccc(OC)c(OC)c1)S(C)(=O)=O. The molecule has 0 radical (unpaired) electrons. The van der Waals surface area contributed by atoms with E-state index in [4.69, 9.17) is 9.47 Å². The van der Waals surface area contributed by atoms with Gasteiger partial charge in [0.2, 0.25) is 15.9 Å². The van der Waals surface area contributed by atoms with Gasteiger partial charge in [-0.25, -0.2) is 8.42 Å². The van der Waals surface area contributed by atoms with E-state index in [9.17, 15) is 13.2 Å². The molecule has 0 spiro atoms. The summed E-state index contributed by atoms with van der Waals surface area (Å²) in [6, 6.07) is 4.70. The molecule has 0 saturated heterocycles. The molecule has 0 aliphatic carbocycles. The van der Waals surface area contributed by atoms with E-state index in [1.54, 1.807) is 12.1 Å². The van der Waals surface area contributed by atoms with Crippen LogP contribution in [0, 0.1) is 0 Å². The number of hydrogen-bond acceptors (Lipinski definition) is 5. The zero-order valence-corrected chi connectivity index (χ0v) is 15.6. The molecule has 1 aromatic carbocycles. The van der Waals surface area contributed by atoms with Crippen LogP contribution < -0.4 is 19.1 Å². The van der Waals surface area contributed by atoms with Crippen molar-refractivity contribution in [2.45, 2.75) is 32.7 Å². The predicted molar refractivity (Wildman–Crippen MR) is 94.2 cm³/mol. The molecule has 24 heavy (non-hydrogen) atoms. The molecule has 1 atom stereocenters. The second-order valence-corrected chi connectivity index (χ2v) is 7.47. The second kappa shape index (κ2) is 8.77. The maximum absolute atomic E-state index is 12.2. The van der Waals surface area contributed by atoms with Crippen LogP contribution in [0.15, 0.2) is 18.2 Å². The molecule has 0 bridgehead atoms. The molecule has 0 heterocycles. The van der Waals surface area contributed by atoms with Crippen molar-refractivity contribution >= 4 is 21.6 Å². The highest BCUT2D eigenvalue weighted by molar-refractivity contribution is 7.92. The third kappa shape index (κ3) is 5.59. The van der Waals surface area contributed by atoms with Gasteiger partial charge in [0.1, 0.15) is 6.54 Å². The first-order valence-electron chi connectivity index (χ1n) is 7.72. The fourth-order valence-electron chi connectivity index (χ4n) is 2.34. The molecule has 1 unspecified atom stereocenters. The Kier molecular flexibility index (Phi) is 7.34. The fraction of sp³-hybridized carbons (Fsp3) is 0.562. The van der Waals surface area contributed by atoms with Gasteiger partial charge in [-0.05, 0) is 25.5 Å². The normalized spacial score (nSPS) is 12.4. The highest BCUT2D eigenvalue weighted by atomic mass is 32.2. The van der Waals surface area contributed by atoms with E-state index in [0.29, 0.717) is 17.2 Å². The van der Waals surface area contributed by atoms with Crippen molar-refractivity contribution in [3.05, 3.63) is 18.2 Å².